The summed E-state index contributed by atoms with van der Waals surface area (Å²) in [5, 5.41) is 2.76. The first-order valence-corrected chi connectivity index (χ1v) is 5.36. The van der Waals surface area contributed by atoms with Gasteiger partial charge in [0, 0.05) is 6.04 Å². The van der Waals surface area contributed by atoms with Crippen LogP contribution in [0.25, 0.3) is 0 Å². The zero-order chi connectivity index (χ0) is 11.5. The molecule has 16 heavy (non-hydrogen) atoms. The lowest BCUT2D eigenvalue weighted by molar-refractivity contribution is -0.475. The van der Waals surface area contributed by atoms with Crippen molar-refractivity contribution in [2.24, 2.45) is 0 Å². The molecule has 1 aliphatic carbocycles. The number of nitrogens with one attached hydrogen (secondary N) is 1. The predicted molar refractivity (Wildman–Crippen MR) is 59.4 cm³/mol. The third-order valence-electron chi connectivity index (χ3n) is 2.83. The third kappa shape index (κ3) is 2.27. The Bertz CT molecular complexity index is 345. The number of hydrogen-bond donors (Lipinski definition) is 1. The summed E-state index contributed by atoms with van der Waals surface area (Å²) in [5.41, 5.74) is 2.34. The molecular formula is C12H15F2N2-. The molecule has 0 atom stereocenters. The first-order valence-electron chi connectivity index (χ1n) is 5.36. The number of hydrogen-bond acceptors (Lipinski definition) is 1. The van der Waals surface area contributed by atoms with E-state index in [2.05, 4.69) is 12.0 Å². The fourth-order valence-electron chi connectivity index (χ4n) is 2.05. The largest absolute Gasteiger partial charge is 0.318 e. The summed E-state index contributed by atoms with van der Waals surface area (Å²) in [5.74, 6) is 0. The fraction of sp³-hybridized carbons (Fsp3) is 0.417. The van der Waals surface area contributed by atoms with E-state index in [4.69, 9.17) is 0 Å². The van der Waals surface area contributed by atoms with Gasteiger partial charge >= 0.3 is 0 Å². The van der Waals surface area contributed by atoms with E-state index in [1.54, 1.807) is 0 Å². The van der Waals surface area contributed by atoms with Crippen LogP contribution in [0.4, 0.5) is 8.78 Å². The van der Waals surface area contributed by atoms with E-state index < -0.39 is 6.43 Å². The van der Waals surface area contributed by atoms with Crippen LogP contribution in [0, 0.1) is 12.5 Å². The monoisotopic (exact) mass is 225 g/mol. The van der Waals surface area contributed by atoms with Crippen molar-refractivity contribution in [1.29, 1.82) is 0 Å². The number of halogens is 2. The predicted octanol–water partition coefficient (Wildman–Crippen LogP) is 1.56. The molecule has 0 aromatic rings. The summed E-state index contributed by atoms with van der Waals surface area (Å²) >= 11 is 0. The molecule has 1 heterocycles. The van der Waals surface area contributed by atoms with E-state index in [-0.39, 0.29) is 6.54 Å². The molecule has 2 aliphatic rings. The number of nitrogens with zero attached hydrogens (tertiary/aromatic N) is 1. The minimum Gasteiger partial charge on any atom is -0.318 e. The molecule has 0 amide bonds. The molecule has 1 fully saturated rings. The zero-order valence-corrected chi connectivity index (χ0v) is 9.05. The maximum absolute atomic E-state index is 12.0. The number of fused-ring (bicyclic) bond motifs is 1. The van der Waals surface area contributed by atoms with Gasteiger partial charge in [0.2, 0.25) is 0 Å². The fourth-order valence-corrected chi connectivity index (χ4v) is 2.05. The Morgan fingerprint density at radius 3 is 3.19 bits per heavy atom. The quantitative estimate of drug-likeness (QED) is 0.567. The average molecular weight is 225 g/mol. The maximum Gasteiger partial charge on any atom is 0.250 e. The van der Waals surface area contributed by atoms with Gasteiger partial charge in [-0.3, -0.25) is 0 Å². The Balaban J connectivity index is 1.98. The van der Waals surface area contributed by atoms with Crippen molar-refractivity contribution < 1.29 is 13.4 Å². The molecule has 0 aromatic carbocycles. The normalized spacial score (nSPS) is 19.4. The summed E-state index contributed by atoms with van der Waals surface area (Å²) in [6.45, 7) is 5.07. The van der Waals surface area contributed by atoms with Crippen molar-refractivity contribution in [2.75, 3.05) is 19.6 Å². The summed E-state index contributed by atoms with van der Waals surface area (Å²) in [6.07, 6.45) is 4.61. The van der Waals surface area contributed by atoms with Crippen LogP contribution in [0.2, 0.25) is 0 Å². The van der Waals surface area contributed by atoms with Crippen LogP contribution in [0.1, 0.15) is 6.42 Å². The molecule has 4 heteroatoms. The molecule has 88 valence electrons. The number of rotatable bonds is 4. The van der Waals surface area contributed by atoms with Crippen LogP contribution in [-0.2, 0) is 0 Å². The molecule has 1 saturated heterocycles. The third-order valence-corrected chi connectivity index (χ3v) is 2.83. The molecule has 0 unspecified atom stereocenters. The van der Waals surface area contributed by atoms with Crippen LogP contribution in [0.3, 0.4) is 0 Å². The van der Waals surface area contributed by atoms with Gasteiger partial charge < -0.3 is 9.89 Å². The summed E-state index contributed by atoms with van der Waals surface area (Å²) in [4.78, 5) is 0. The highest BCUT2D eigenvalue weighted by Gasteiger charge is 2.20. The van der Waals surface area contributed by atoms with E-state index in [1.165, 1.54) is 5.57 Å². The van der Waals surface area contributed by atoms with Crippen molar-refractivity contribution in [3.05, 3.63) is 35.8 Å². The lowest BCUT2D eigenvalue weighted by atomic mass is 9.93. The van der Waals surface area contributed by atoms with Gasteiger partial charge in [-0.1, -0.05) is 0 Å². The lowest BCUT2D eigenvalue weighted by Crippen LogP contribution is -2.25. The van der Waals surface area contributed by atoms with Crippen molar-refractivity contribution in [1.82, 2.24) is 5.32 Å². The highest BCUT2D eigenvalue weighted by molar-refractivity contribution is 5.47. The van der Waals surface area contributed by atoms with Crippen molar-refractivity contribution in [3.63, 3.8) is 0 Å². The number of alkyl halides is 2. The van der Waals surface area contributed by atoms with Crippen LogP contribution >= 0.6 is 0 Å². The van der Waals surface area contributed by atoms with Crippen LogP contribution in [-0.4, -0.2) is 37.4 Å². The maximum atomic E-state index is 12.0. The van der Waals surface area contributed by atoms with Gasteiger partial charge in [-0.05, 0) is 13.0 Å². The van der Waals surface area contributed by atoms with E-state index in [0.717, 1.165) is 24.6 Å². The van der Waals surface area contributed by atoms with Gasteiger partial charge in [0.25, 0.3) is 6.43 Å². The molecule has 0 bridgehead atoms. The van der Waals surface area contributed by atoms with Crippen LogP contribution < -0.4 is 5.32 Å². The first kappa shape index (κ1) is 11.2. The van der Waals surface area contributed by atoms with Gasteiger partial charge in [-0.2, -0.15) is 11.6 Å². The molecule has 1 N–H and O–H groups in total. The molecular weight excluding hydrogens is 210 g/mol. The minimum atomic E-state index is -2.29. The van der Waals surface area contributed by atoms with Crippen molar-refractivity contribution in [3.8, 4) is 0 Å². The number of allylic oxidation sites excluding steroid dienone is 1. The molecule has 2 rings (SSSR count). The molecule has 1 aliphatic heterocycles. The van der Waals surface area contributed by atoms with Crippen molar-refractivity contribution in [2.45, 2.75) is 12.8 Å². The van der Waals surface area contributed by atoms with Gasteiger partial charge in [-0.15, -0.1) is 0 Å². The Kier molecular flexibility index (Phi) is 3.29. The van der Waals surface area contributed by atoms with Gasteiger partial charge in [0.15, 0.2) is 0 Å². The second-order valence-corrected chi connectivity index (χ2v) is 3.95. The topological polar surface area (TPSA) is 15.0 Å². The van der Waals surface area contributed by atoms with E-state index in [0.29, 0.717) is 6.54 Å². The Morgan fingerprint density at radius 1 is 1.62 bits per heavy atom. The minimum absolute atomic E-state index is 0.252. The average Bonchev–Trinajstić information content (AvgIpc) is 2.61. The van der Waals surface area contributed by atoms with Gasteiger partial charge in [0.05, 0.1) is 13.3 Å². The molecule has 0 aromatic heterocycles. The van der Waals surface area contributed by atoms with Gasteiger partial charge in [0.1, 0.15) is 6.54 Å². The first-order chi connectivity index (χ1) is 7.68. The molecule has 0 spiro atoms. The van der Waals surface area contributed by atoms with Crippen LogP contribution in [0.15, 0.2) is 23.3 Å². The Morgan fingerprint density at radius 2 is 2.44 bits per heavy atom. The van der Waals surface area contributed by atoms with Gasteiger partial charge in [-0.25, -0.2) is 26.9 Å². The Hall–Kier alpha value is -1.29. The smallest absolute Gasteiger partial charge is 0.250 e. The SMILES string of the molecule is C=[N+]1CCC2=C(CNCC(F)F)[CH-]C=C[C-]21. The van der Waals surface area contributed by atoms with Crippen molar-refractivity contribution >= 4 is 6.72 Å². The summed E-state index contributed by atoms with van der Waals surface area (Å²) in [7, 11) is 0. The van der Waals surface area contributed by atoms with E-state index in [1.807, 2.05) is 23.1 Å². The summed E-state index contributed by atoms with van der Waals surface area (Å²) in [6, 6.07) is 1.12. The lowest BCUT2D eigenvalue weighted by Gasteiger charge is -2.30. The van der Waals surface area contributed by atoms with E-state index >= 15 is 0 Å². The second-order valence-electron chi connectivity index (χ2n) is 3.95. The molecule has 0 radical (unpaired) electrons. The standard InChI is InChI=1S/C12H15F2N2/c1-16-6-5-10-9(3-2-4-11(10)16)7-15-8-12(13)14/h2-4,12,15H,1,5-8H2/q-1. The molecule has 0 saturated carbocycles. The molecule has 2 nitrogen and oxygen atoms in total. The van der Waals surface area contributed by atoms with Crippen LogP contribution in [0.5, 0.6) is 0 Å². The van der Waals surface area contributed by atoms with E-state index in [9.17, 15) is 8.78 Å². The summed E-state index contributed by atoms with van der Waals surface area (Å²) < 4.78 is 25.9. The zero-order valence-electron chi connectivity index (χ0n) is 9.05. The highest BCUT2D eigenvalue weighted by Crippen LogP contribution is 2.33. The Labute approximate surface area is 94.3 Å². The highest BCUT2D eigenvalue weighted by atomic mass is 19.3. The second kappa shape index (κ2) is 4.70.